The zero-order valence-corrected chi connectivity index (χ0v) is 21.2. The maximum absolute atomic E-state index is 13.1. The minimum atomic E-state index is -4.55. The summed E-state index contributed by atoms with van der Waals surface area (Å²) in [6, 6.07) is 27.4. The van der Waals surface area contributed by atoms with Gasteiger partial charge in [-0.3, -0.25) is 0 Å². The molecule has 204 valence electrons. The highest BCUT2D eigenvalue weighted by atomic mass is 19.4. The Balaban J connectivity index is 1.51. The second kappa shape index (κ2) is 12.8. The molecule has 0 spiro atoms. The molecule has 9 nitrogen and oxygen atoms in total. The average Bonchev–Trinajstić information content (AvgIpc) is 2.98. The Morgan fingerprint density at radius 1 is 0.854 bits per heavy atom. The summed E-state index contributed by atoms with van der Waals surface area (Å²) in [5, 5.41) is 33.0. The van der Waals surface area contributed by atoms with Gasteiger partial charge in [0.25, 0.3) is 0 Å². The number of halogens is 3. The van der Waals surface area contributed by atoms with Crippen molar-refractivity contribution in [1.82, 2.24) is 10.2 Å². The fourth-order valence-corrected chi connectivity index (χ4v) is 3.55. The van der Waals surface area contributed by atoms with Crippen molar-refractivity contribution < 1.29 is 17.9 Å². The molecule has 0 fully saturated rings. The van der Waals surface area contributed by atoms with Gasteiger partial charge in [0.1, 0.15) is 24.5 Å². The first-order chi connectivity index (χ1) is 19.8. The van der Waals surface area contributed by atoms with E-state index in [0.29, 0.717) is 17.1 Å². The highest BCUT2D eigenvalue weighted by molar-refractivity contribution is 5.96. The van der Waals surface area contributed by atoms with Crippen molar-refractivity contribution in [3.05, 3.63) is 108 Å². The third kappa shape index (κ3) is 7.59. The van der Waals surface area contributed by atoms with Crippen molar-refractivity contribution in [2.24, 2.45) is 10.7 Å². The van der Waals surface area contributed by atoms with Crippen LogP contribution in [0.5, 0.6) is 5.75 Å². The first-order valence-corrected chi connectivity index (χ1v) is 12.0. The number of ether oxygens (including phenoxy) is 1. The molecule has 0 aliphatic rings. The van der Waals surface area contributed by atoms with E-state index >= 15 is 0 Å². The third-order valence-corrected chi connectivity index (χ3v) is 5.50. The van der Waals surface area contributed by atoms with Gasteiger partial charge in [-0.25, -0.2) is 0 Å². The molecule has 0 unspecified atom stereocenters. The van der Waals surface area contributed by atoms with Crippen molar-refractivity contribution in [2.75, 3.05) is 17.2 Å². The second-order valence-corrected chi connectivity index (χ2v) is 8.33. The first-order valence-electron chi connectivity index (χ1n) is 12.0. The fourth-order valence-electron chi connectivity index (χ4n) is 3.55. The third-order valence-electron chi connectivity index (χ3n) is 5.50. The molecule has 0 aliphatic heterocycles. The van der Waals surface area contributed by atoms with E-state index in [1.54, 1.807) is 48.5 Å². The number of guanidine groups is 1. The van der Waals surface area contributed by atoms with Crippen LogP contribution in [-0.2, 0) is 6.18 Å². The molecule has 4 aromatic rings. The van der Waals surface area contributed by atoms with Crippen LogP contribution in [0.15, 0.2) is 107 Å². The molecule has 0 radical (unpaired) electrons. The highest BCUT2D eigenvalue weighted by Gasteiger charge is 2.30. The Kier molecular flexibility index (Phi) is 8.77. The topological polar surface area (TPSA) is 145 Å². The van der Waals surface area contributed by atoms with E-state index in [-0.39, 0.29) is 35.4 Å². The molecule has 0 aliphatic carbocycles. The van der Waals surface area contributed by atoms with Gasteiger partial charge in [-0.05, 0) is 42.5 Å². The van der Waals surface area contributed by atoms with Crippen molar-refractivity contribution in [3.8, 4) is 29.1 Å². The first kappa shape index (κ1) is 28.1. The number of para-hydroxylation sites is 2. The van der Waals surface area contributed by atoms with Gasteiger partial charge in [-0.15, -0.1) is 10.2 Å². The van der Waals surface area contributed by atoms with Crippen molar-refractivity contribution in [2.45, 2.75) is 6.18 Å². The van der Waals surface area contributed by atoms with Crippen LogP contribution in [0.25, 0.3) is 11.3 Å². The van der Waals surface area contributed by atoms with Gasteiger partial charge in [-0.2, -0.15) is 28.7 Å². The predicted octanol–water partition coefficient (Wildman–Crippen LogP) is 6.01. The number of hydrogen-bond acceptors (Lipinski definition) is 7. The largest absolute Gasteiger partial charge is 0.487 e. The van der Waals surface area contributed by atoms with Gasteiger partial charge in [0.15, 0.2) is 17.4 Å². The Morgan fingerprint density at radius 2 is 1.54 bits per heavy atom. The molecule has 4 rings (SSSR count). The van der Waals surface area contributed by atoms with E-state index in [4.69, 9.17) is 10.5 Å². The lowest BCUT2D eigenvalue weighted by Gasteiger charge is -2.17. The summed E-state index contributed by atoms with van der Waals surface area (Å²) in [7, 11) is 0. The van der Waals surface area contributed by atoms with Crippen molar-refractivity contribution in [3.63, 3.8) is 0 Å². The summed E-state index contributed by atoms with van der Waals surface area (Å²) in [6.45, 7) is -0.390. The number of benzene rings is 3. The normalized spacial score (nSPS) is 11.1. The minimum Gasteiger partial charge on any atom is -0.487 e. The average molecular weight is 555 g/mol. The molecule has 0 bridgehead atoms. The van der Waals surface area contributed by atoms with Gasteiger partial charge in [0.2, 0.25) is 0 Å². The molecule has 0 atom stereocenters. The predicted molar refractivity (Wildman–Crippen MR) is 148 cm³/mol. The number of nitrogens with zero attached hydrogens (tertiary/aromatic N) is 5. The summed E-state index contributed by atoms with van der Waals surface area (Å²) in [5.41, 5.74) is 7.30. The molecule has 0 saturated carbocycles. The van der Waals surface area contributed by atoms with Crippen LogP contribution in [0.1, 0.15) is 5.56 Å². The van der Waals surface area contributed by atoms with E-state index in [2.05, 4.69) is 25.8 Å². The number of nitrogens with two attached hydrogens (primary N) is 1. The van der Waals surface area contributed by atoms with Crippen molar-refractivity contribution >= 4 is 23.2 Å². The highest BCUT2D eigenvalue weighted by Crippen LogP contribution is 2.31. The van der Waals surface area contributed by atoms with Crippen LogP contribution >= 0.6 is 0 Å². The maximum atomic E-state index is 13.1. The summed E-state index contributed by atoms with van der Waals surface area (Å²) in [5.74, 6) is 0.149. The van der Waals surface area contributed by atoms with E-state index in [9.17, 15) is 23.7 Å². The Bertz CT molecular complexity index is 1640. The van der Waals surface area contributed by atoms with Gasteiger partial charge >= 0.3 is 6.18 Å². The molecule has 12 heteroatoms. The van der Waals surface area contributed by atoms with Gasteiger partial charge in [0, 0.05) is 5.56 Å². The smallest absolute Gasteiger partial charge is 0.416 e. The molecule has 4 N–H and O–H groups in total. The molecule has 3 aromatic carbocycles. The van der Waals surface area contributed by atoms with Crippen LogP contribution in [0.3, 0.4) is 0 Å². The number of aliphatic imine (C=N–C) groups is 1. The molecular weight excluding hydrogens is 533 g/mol. The molecule has 0 amide bonds. The Hall–Kier alpha value is -5.88. The lowest BCUT2D eigenvalue weighted by atomic mass is 10.1. The van der Waals surface area contributed by atoms with Crippen LogP contribution < -0.4 is 21.1 Å². The summed E-state index contributed by atoms with van der Waals surface area (Å²) in [6.07, 6.45) is -4.55. The van der Waals surface area contributed by atoms with Crippen molar-refractivity contribution in [1.29, 1.82) is 10.5 Å². The zero-order chi connectivity index (χ0) is 29.2. The van der Waals surface area contributed by atoms with E-state index in [1.807, 2.05) is 30.3 Å². The molecule has 1 heterocycles. The second-order valence-electron chi connectivity index (χ2n) is 8.33. The monoisotopic (exact) mass is 554 g/mol. The van der Waals surface area contributed by atoms with Crippen LogP contribution in [-0.4, -0.2) is 22.8 Å². The van der Waals surface area contributed by atoms with Gasteiger partial charge < -0.3 is 21.1 Å². The molecule has 1 aromatic heterocycles. The summed E-state index contributed by atoms with van der Waals surface area (Å²) < 4.78 is 44.7. The standard InChI is InChI=1S/C29H21F3N8O/c30-29(31,32)21-9-6-10-22(15-21)41-18-26(20(16-33)17-34)36-24-11-4-5-12-25(24)37-28(35)38-27-14-13-23(39-40-27)19-7-2-1-3-8-19/h1-15,36H,18H2,(H3,35,37,38,40). The summed E-state index contributed by atoms with van der Waals surface area (Å²) in [4.78, 5) is 4.23. The number of rotatable bonds is 8. The molecule has 41 heavy (non-hydrogen) atoms. The number of anilines is 2. The number of allylic oxidation sites excluding steroid dienone is 1. The summed E-state index contributed by atoms with van der Waals surface area (Å²) >= 11 is 0. The van der Waals surface area contributed by atoms with Crippen LogP contribution in [0, 0.1) is 22.7 Å². The van der Waals surface area contributed by atoms with Gasteiger partial charge in [0.05, 0.1) is 28.3 Å². The number of nitriles is 2. The quantitative estimate of drug-likeness (QED) is 0.136. The van der Waals surface area contributed by atoms with E-state index < -0.39 is 11.7 Å². The lowest BCUT2D eigenvalue weighted by molar-refractivity contribution is -0.137. The number of nitrogens with one attached hydrogen (secondary N) is 2. The van der Waals surface area contributed by atoms with Crippen LogP contribution in [0.4, 0.5) is 30.4 Å². The molecule has 0 saturated heterocycles. The SMILES string of the molecule is N#CC(C#N)=C(COc1cccc(C(F)(F)F)c1)Nc1ccccc1NC(N)=Nc1ccc(-c2ccccc2)nn1. The molecular formula is C29H21F3N8O. The van der Waals surface area contributed by atoms with Crippen LogP contribution in [0.2, 0.25) is 0 Å². The number of hydrogen-bond donors (Lipinski definition) is 3. The fraction of sp³-hybridized carbons (Fsp3) is 0.0690. The number of aromatic nitrogens is 2. The zero-order valence-electron chi connectivity index (χ0n) is 21.2. The van der Waals surface area contributed by atoms with E-state index in [1.165, 1.54) is 12.1 Å². The lowest BCUT2D eigenvalue weighted by Crippen LogP contribution is -2.23. The number of alkyl halides is 3. The van der Waals surface area contributed by atoms with E-state index in [0.717, 1.165) is 17.7 Å². The minimum absolute atomic E-state index is 0.0208. The Morgan fingerprint density at radius 3 is 2.17 bits per heavy atom. The van der Waals surface area contributed by atoms with Gasteiger partial charge in [-0.1, -0.05) is 48.5 Å². The maximum Gasteiger partial charge on any atom is 0.416 e. The Labute approximate surface area is 233 Å².